The van der Waals surface area contributed by atoms with Crippen LogP contribution in [0.3, 0.4) is 0 Å². The molecule has 118 valence electrons. The topological polar surface area (TPSA) is 57.5 Å². The molecule has 20 heavy (non-hydrogen) atoms. The van der Waals surface area contributed by atoms with E-state index in [9.17, 15) is 23.1 Å². The quantitative estimate of drug-likeness (QED) is 0.775. The van der Waals surface area contributed by atoms with Crippen molar-refractivity contribution in [3.63, 3.8) is 0 Å². The lowest BCUT2D eigenvalue weighted by Gasteiger charge is -2.47. The molecule has 2 N–H and O–H groups in total. The van der Waals surface area contributed by atoms with Gasteiger partial charge >= 0.3 is 7.60 Å². The Hall–Kier alpha value is 0.01000. The number of halogens is 2. The van der Waals surface area contributed by atoms with Gasteiger partial charge in [0.25, 0.3) is 0 Å². The summed E-state index contributed by atoms with van der Waals surface area (Å²) in [7, 11) is -4.41. The second-order valence-electron chi connectivity index (χ2n) is 6.69. The third-order valence-electron chi connectivity index (χ3n) is 5.50. The van der Waals surface area contributed by atoms with E-state index in [-0.39, 0.29) is 24.7 Å². The second-order valence-corrected chi connectivity index (χ2v) is 8.74. The van der Waals surface area contributed by atoms with Crippen LogP contribution in [0.2, 0.25) is 0 Å². The van der Waals surface area contributed by atoms with Crippen LogP contribution in [0.15, 0.2) is 0 Å². The van der Waals surface area contributed by atoms with Crippen LogP contribution in [-0.4, -0.2) is 27.3 Å². The molecule has 2 fully saturated rings. The van der Waals surface area contributed by atoms with Gasteiger partial charge < -0.3 is 9.79 Å². The largest absolute Gasteiger partial charge is 0.331 e. The average Bonchev–Trinajstić information content (AvgIpc) is 2.36. The molecule has 0 saturated heterocycles. The van der Waals surface area contributed by atoms with Crippen molar-refractivity contribution in [1.29, 1.82) is 0 Å². The fourth-order valence-corrected chi connectivity index (χ4v) is 5.55. The Bertz CT molecular complexity index is 363. The molecule has 0 bridgehead atoms. The molecule has 2 saturated carbocycles. The van der Waals surface area contributed by atoms with Crippen molar-refractivity contribution < 1.29 is 23.1 Å². The zero-order valence-corrected chi connectivity index (χ0v) is 12.9. The van der Waals surface area contributed by atoms with Crippen molar-refractivity contribution in [2.75, 3.05) is 0 Å². The van der Waals surface area contributed by atoms with Crippen molar-refractivity contribution in [1.82, 2.24) is 0 Å². The molecule has 0 heterocycles. The van der Waals surface area contributed by atoms with E-state index in [4.69, 9.17) is 0 Å². The molecule has 0 spiro atoms. The number of alkyl halides is 2. The van der Waals surface area contributed by atoms with Crippen LogP contribution in [0.1, 0.15) is 58.3 Å². The Morgan fingerprint density at radius 1 is 0.950 bits per heavy atom. The Morgan fingerprint density at radius 2 is 1.35 bits per heavy atom. The smallest absolute Gasteiger partial charge is 0.324 e. The first-order valence-corrected chi connectivity index (χ1v) is 9.20. The van der Waals surface area contributed by atoms with Gasteiger partial charge in [0, 0.05) is 0 Å². The summed E-state index contributed by atoms with van der Waals surface area (Å²) in [6.07, 6.45) is 1.98. The van der Waals surface area contributed by atoms with Gasteiger partial charge in [-0.25, -0.2) is 8.78 Å². The molecule has 2 aliphatic carbocycles. The molecule has 0 amide bonds. The summed E-state index contributed by atoms with van der Waals surface area (Å²) in [5.74, 6) is -0.690. The minimum atomic E-state index is -4.41. The molecule has 0 aromatic heterocycles. The van der Waals surface area contributed by atoms with E-state index < -0.39 is 25.1 Å². The zero-order chi connectivity index (χ0) is 15.0. The van der Waals surface area contributed by atoms with Gasteiger partial charge in [-0.15, -0.1) is 0 Å². The molecule has 3 nitrogen and oxygen atoms in total. The monoisotopic (exact) mass is 310 g/mol. The molecule has 0 radical (unpaired) electrons. The van der Waals surface area contributed by atoms with Gasteiger partial charge in [-0.1, -0.05) is 12.8 Å². The standard InChI is InChI=1S/C14H25F2O3P/c1-14(20(17,18)19,10-4-2-6-12(15)8-10)11-5-3-7-13(16)9-11/h10-13H,2-9H2,1H3,(H2,17,18,19). The van der Waals surface area contributed by atoms with Crippen LogP contribution in [0.5, 0.6) is 0 Å². The first-order chi connectivity index (χ1) is 9.25. The third kappa shape index (κ3) is 3.10. The summed E-state index contributed by atoms with van der Waals surface area (Å²) >= 11 is 0. The lowest BCUT2D eigenvalue weighted by atomic mass is 9.69. The second kappa shape index (κ2) is 6.02. The predicted molar refractivity (Wildman–Crippen MR) is 74.2 cm³/mol. The summed E-state index contributed by atoms with van der Waals surface area (Å²) in [6.45, 7) is 1.57. The van der Waals surface area contributed by atoms with Crippen molar-refractivity contribution in [2.45, 2.75) is 75.8 Å². The third-order valence-corrected chi connectivity index (χ3v) is 7.49. The van der Waals surface area contributed by atoms with Gasteiger partial charge in [0.2, 0.25) is 0 Å². The summed E-state index contributed by atoms with van der Waals surface area (Å²) in [5.41, 5.74) is 0. The lowest BCUT2D eigenvalue weighted by Crippen LogP contribution is -2.46. The van der Waals surface area contributed by atoms with Gasteiger partial charge in [0.05, 0.1) is 5.16 Å². The summed E-state index contributed by atoms with van der Waals surface area (Å²) in [5, 5.41) is -1.28. The molecule has 2 rings (SSSR count). The molecule has 0 aromatic carbocycles. The van der Waals surface area contributed by atoms with Gasteiger partial charge in [-0.2, -0.15) is 0 Å². The van der Waals surface area contributed by atoms with Gasteiger partial charge in [0.15, 0.2) is 0 Å². The number of rotatable bonds is 3. The fraction of sp³-hybridized carbons (Fsp3) is 1.00. The summed E-state index contributed by atoms with van der Waals surface area (Å²) in [6, 6.07) is 0. The van der Waals surface area contributed by atoms with E-state index in [0.29, 0.717) is 38.5 Å². The van der Waals surface area contributed by atoms with Crippen molar-refractivity contribution in [2.24, 2.45) is 11.8 Å². The van der Waals surface area contributed by atoms with Crippen LogP contribution < -0.4 is 0 Å². The highest BCUT2D eigenvalue weighted by atomic mass is 31.2. The van der Waals surface area contributed by atoms with Crippen LogP contribution in [0.4, 0.5) is 8.78 Å². The minimum Gasteiger partial charge on any atom is -0.324 e. The first kappa shape index (κ1) is 16.4. The van der Waals surface area contributed by atoms with Crippen molar-refractivity contribution in [3.05, 3.63) is 0 Å². The highest BCUT2D eigenvalue weighted by Gasteiger charge is 2.55. The van der Waals surface area contributed by atoms with Crippen LogP contribution in [0.25, 0.3) is 0 Å². The maximum absolute atomic E-state index is 13.7. The van der Waals surface area contributed by atoms with E-state index in [1.54, 1.807) is 6.92 Å². The van der Waals surface area contributed by atoms with Gasteiger partial charge in [-0.3, -0.25) is 4.57 Å². The zero-order valence-electron chi connectivity index (χ0n) is 12.0. The fourth-order valence-electron chi connectivity index (χ4n) is 4.13. The number of hydrogen-bond donors (Lipinski definition) is 2. The molecule has 6 heteroatoms. The Labute approximate surface area is 119 Å². The molecule has 4 atom stereocenters. The van der Waals surface area contributed by atoms with Gasteiger partial charge in [0.1, 0.15) is 12.3 Å². The molecule has 2 aliphatic rings. The van der Waals surface area contributed by atoms with E-state index in [1.165, 1.54) is 0 Å². The Balaban J connectivity index is 2.27. The SMILES string of the molecule is CC(C1CCCC(F)C1)(C1CCCC(F)C1)P(=O)(O)O. The van der Waals surface area contributed by atoms with Crippen LogP contribution >= 0.6 is 7.60 Å². The van der Waals surface area contributed by atoms with Crippen LogP contribution in [-0.2, 0) is 4.57 Å². The molecule has 0 aromatic rings. The van der Waals surface area contributed by atoms with E-state index in [0.717, 1.165) is 0 Å². The summed E-state index contributed by atoms with van der Waals surface area (Å²) in [4.78, 5) is 19.8. The van der Waals surface area contributed by atoms with Gasteiger partial charge in [-0.05, 0) is 57.3 Å². The highest BCUT2D eigenvalue weighted by Crippen LogP contribution is 2.63. The normalized spacial score (nSPS) is 39.2. The minimum absolute atomic E-state index is 0.203. The van der Waals surface area contributed by atoms with E-state index in [1.807, 2.05) is 0 Å². The van der Waals surface area contributed by atoms with Crippen molar-refractivity contribution >= 4 is 7.60 Å². The highest BCUT2D eigenvalue weighted by molar-refractivity contribution is 7.53. The maximum atomic E-state index is 13.7. The van der Waals surface area contributed by atoms with Crippen LogP contribution in [0, 0.1) is 11.8 Å². The number of hydrogen-bond acceptors (Lipinski definition) is 1. The van der Waals surface area contributed by atoms with Crippen molar-refractivity contribution in [3.8, 4) is 0 Å². The average molecular weight is 310 g/mol. The molecular formula is C14H25F2O3P. The van der Waals surface area contributed by atoms with E-state index >= 15 is 0 Å². The molecule has 0 aliphatic heterocycles. The Kier molecular flexibility index (Phi) is 4.93. The molecule has 4 unspecified atom stereocenters. The molecular weight excluding hydrogens is 285 g/mol. The predicted octanol–water partition coefficient (Wildman–Crippen LogP) is 3.98. The Morgan fingerprint density at radius 3 is 1.65 bits per heavy atom. The van der Waals surface area contributed by atoms with E-state index in [2.05, 4.69) is 0 Å². The first-order valence-electron chi connectivity index (χ1n) is 7.59. The lowest BCUT2D eigenvalue weighted by molar-refractivity contribution is 0.0884. The maximum Gasteiger partial charge on any atom is 0.331 e. The summed E-state index contributed by atoms with van der Waals surface area (Å²) < 4.78 is 39.5.